The summed E-state index contributed by atoms with van der Waals surface area (Å²) in [5, 5.41) is 9.83. The average Bonchev–Trinajstić information content (AvgIpc) is 2.28. The predicted molar refractivity (Wildman–Crippen MR) is 65.9 cm³/mol. The summed E-state index contributed by atoms with van der Waals surface area (Å²) < 4.78 is 23.5. The molecule has 0 saturated carbocycles. The van der Waals surface area contributed by atoms with Crippen molar-refractivity contribution in [1.82, 2.24) is 9.29 Å². The number of sulfonamides is 1. The van der Waals surface area contributed by atoms with Gasteiger partial charge in [0, 0.05) is 26.0 Å². The Kier molecular flexibility index (Phi) is 5.04. The van der Waals surface area contributed by atoms with Crippen molar-refractivity contribution in [1.29, 1.82) is 0 Å². The number of nitrogens with zero attached hydrogens (tertiary/aromatic N) is 2. The van der Waals surface area contributed by atoms with Gasteiger partial charge in [0.05, 0.1) is 12.4 Å². The molecule has 0 amide bonds. The van der Waals surface area contributed by atoms with Gasteiger partial charge in [0.2, 0.25) is 10.0 Å². The molecule has 6 heteroatoms. The predicted octanol–water partition coefficient (Wildman–Crippen LogP) is 0.787. The van der Waals surface area contributed by atoms with E-state index in [4.69, 9.17) is 0 Å². The molecule has 1 aromatic rings. The monoisotopic (exact) mass is 258 g/mol. The van der Waals surface area contributed by atoms with Crippen molar-refractivity contribution in [3.05, 3.63) is 30.1 Å². The molecule has 1 unspecified atom stereocenters. The second-order valence-corrected chi connectivity index (χ2v) is 6.12. The lowest BCUT2D eigenvalue weighted by molar-refractivity contribution is 0.162. The SMILES string of the molecule is CN(CCCC(O)c1cccnc1)S(C)(=O)=O. The smallest absolute Gasteiger partial charge is 0.210 e. The van der Waals surface area contributed by atoms with Crippen LogP contribution in [0.4, 0.5) is 0 Å². The first kappa shape index (κ1) is 14.1. The molecule has 0 fully saturated rings. The Labute approximate surface area is 102 Å². The van der Waals surface area contributed by atoms with Crippen LogP contribution in [0.3, 0.4) is 0 Å². The van der Waals surface area contributed by atoms with Crippen molar-refractivity contribution in [3.8, 4) is 0 Å². The summed E-state index contributed by atoms with van der Waals surface area (Å²) in [6, 6.07) is 3.57. The van der Waals surface area contributed by atoms with Gasteiger partial charge in [0.1, 0.15) is 0 Å². The summed E-state index contributed by atoms with van der Waals surface area (Å²) in [4.78, 5) is 3.92. The molecule has 1 aromatic heterocycles. The third-order valence-corrected chi connectivity index (χ3v) is 3.90. The van der Waals surface area contributed by atoms with Gasteiger partial charge in [-0.3, -0.25) is 4.98 Å². The number of aliphatic hydroxyl groups excluding tert-OH is 1. The lowest BCUT2D eigenvalue weighted by Crippen LogP contribution is -2.26. The molecule has 96 valence electrons. The highest BCUT2D eigenvalue weighted by atomic mass is 32.2. The zero-order chi connectivity index (χ0) is 12.9. The normalized spacial score (nSPS) is 13.9. The third kappa shape index (κ3) is 4.80. The van der Waals surface area contributed by atoms with Crippen molar-refractivity contribution in [2.24, 2.45) is 0 Å². The van der Waals surface area contributed by atoms with Crippen LogP contribution >= 0.6 is 0 Å². The van der Waals surface area contributed by atoms with Gasteiger partial charge in [0.25, 0.3) is 0 Å². The molecule has 1 atom stereocenters. The molecule has 5 nitrogen and oxygen atoms in total. The zero-order valence-corrected chi connectivity index (χ0v) is 10.9. The largest absolute Gasteiger partial charge is 0.388 e. The maximum atomic E-state index is 11.1. The molecule has 0 aliphatic heterocycles. The van der Waals surface area contributed by atoms with Crippen LogP contribution in [-0.2, 0) is 10.0 Å². The Morgan fingerprint density at radius 1 is 1.53 bits per heavy atom. The number of aromatic nitrogens is 1. The molecule has 1 N–H and O–H groups in total. The van der Waals surface area contributed by atoms with Gasteiger partial charge in [0.15, 0.2) is 0 Å². The van der Waals surface area contributed by atoms with Gasteiger partial charge >= 0.3 is 0 Å². The van der Waals surface area contributed by atoms with Gasteiger partial charge in [-0.25, -0.2) is 12.7 Å². The number of aliphatic hydroxyl groups is 1. The highest BCUT2D eigenvalue weighted by Gasteiger charge is 2.12. The minimum atomic E-state index is -3.13. The second-order valence-electron chi connectivity index (χ2n) is 4.03. The van der Waals surface area contributed by atoms with Crippen LogP contribution in [0.5, 0.6) is 0 Å². The molecule has 0 bridgehead atoms. The van der Waals surface area contributed by atoms with Crippen molar-refractivity contribution in [3.63, 3.8) is 0 Å². The van der Waals surface area contributed by atoms with Gasteiger partial charge in [-0.15, -0.1) is 0 Å². The number of hydrogen-bond acceptors (Lipinski definition) is 4. The topological polar surface area (TPSA) is 70.5 Å². The third-order valence-electron chi connectivity index (χ3n) is 2.59. The van der Waals surface area contributed by atoms with Crippen LogP contribution in [0, 0.1) is 0 Å². The summed E-state index contributed by atoms with van der Waals surface area (Å²) in [5.41, 5.74) is 0.759. The maximum absolute atomic E-state index is 11.1. The molecule has 0 saturated heterocycles. The number of rotatable bonds is 6. The molecule has 0 spiro atoms. The molecule has 1 heterocycles. The van der Waals surface area contributed by atoms with E-state index >= 15 is 0 Å². The van der Waals surface area contributed by atoms with Crippen LogP contribution in [0.1, 0.15) is 24.5 Å². The zero-order valence-electron chi connectivity index (χ0n) is 10.1. The molecule has 1 rings (SSSR count). The number of pyridine rings is 1. The fourth-order valence-electron chi connectivity index (χ4n) is 1.41. The molecule has 0 aliphatic rings. The van der Waals surface area contributed by atoms with E-state index in [9.17, 15) is 13.5 Å². The van der Waals surface area contributed by atoms with E-state index in [-0.39, 0.29) is 0 Å². The Balaban J connectivity index is 2.38. The Morgan fingerprint density at radius 2 is 2.24 bits per heavy atom. The van der Waals surface area contributed by atoms with E-state index in [2.05, 4.69) is 4.98 Å². The average molecular weight is 258 g/mol. The second kappa shape index (κ2) is 6.09. The van der Waals surface area contributed by atoms with Gasteiger partial charge in [-0.1, -0.05) is 6.07 Å². The lowest BCUT2D eigenvalue weighted by Gasteiger charge is -2.15. The van der Waals surface area contributed by atoms with Crippen molar-refractivity contribution in [2.45, 2.75) is 18.9 Å². The number of hydrogen-bond donors (Lipinski definition) is 1. The van der Waals surface area contributed by atoms with Gasteiger partial charge < -0.3 is 5.11 Å². The molecule has 0 radical (unpaired) electrons. The van der Waals surface area contributed by atoms with Crippen LogP contribution in [0.2, 0.25) is 0 Å². The maximum Gasteiger partial charge on any atom is 0.210 e. The quantitative estimate of drug-likeness (QED) is 0.819. The minimum Gasteiger partial charge on any atom is -0.388 e. The van der Waals surface area contributed by atoms with E-state index < -0.39 is 16.1 Å². The van der Waals surface area contributed by atoms with Crippen LogP contribution in [0.25, 0.3) is 0 Å². The first-order chi connectivity index (χ1) is 7.91. The lowest BCUT2D eigenvalue weighted by atomic mass is 10.1. The highest BCUT2D eigenvalue weighted by Crippen LogP contribution is 2.16. The van der Waals surface area contributed by atoms with E-state index in [0.29, 0.717) is 19.4 Å². The van der Waals surface area contributed by atoms with Crippen molar-refractivity contribution >= 4 is 10.0 Å². The van der Waals surface area contributed by atoms with Gasteiger partial charge in [-0.05, 0) is 24.5 Å². The first-order valence-electron chi connectivity index (χ1n) is 5.40. The Morgan fingerprint density at radius 3 is 2.76 bits per heavy atom. The summed E-state index contributed by atoms with van der Waals surface area (Å²) in [6.07, 6.45) is 4.98. The van der Waals surface area contributed by atoms with E-state index in [0.717, 1.165) is 5.56 Å². The fraction of sp³-hybridized carbons (Fsp3) is 0.545. The Bertz CT molecular complexity index is 433. The molecule has 17 heavy (non-hydrogen) atoms. The van der Waals surface area contributed by atoms with E-state index in [1.807, 2.05) is 0 Å². The molecular formula is C11H18N2O3S. The van der Waals surface area contributed by atoms with E-state index in [1.165, 1.54) is 17.6 Å². The molecule has 0 aromatic carbocycles. The standard InChI is InChI=1S/C11H18N2O3S/c1-13(17(2,15)16)8-4-6-11(14)10-5-3-7-12-9-10/h3,5,7,9,11,14H,4,6,8H2,1-2H3. The van der Waals surface area contributed by atoms with Crippen LogP contribution < -0.4 is 0 Å². The first-order valence-corrected chi connectivity index (χ1v) is 7.25. The summed E-state index contributed by atoms with van der Waals surface area (Å²) in [6.45, 7) is 0.413. The Hall–Kier alpha value is -0.980. The van der Waals surface area contributed by atoms with Crippen molar-refractivity contribution < 1.29 is 13.5 Å². The molecular weight excluding hydrogens is 240 g/mol. The van der Waals surface area contributed by atoms with Crippen LogP contribution in [0.15, 0.2) is 24.5 Å². The van der Waals surface area contributed by atoms with Crippen LogP contribution in [-0.4, -0.2) is 42.7 Å². The highest BCUT2D eigenvalue weighted by molar-refractivity contribution is 7.88. The van der Waals surface area contributed by atoms with Gasteiger partial charge in [-0.2, -0.15) is 0 Å². The summed E-state index contributed by atoms with van der Waals surface area (Å²) in [5.74, 6) is 0. The fourth-order valence-corrected chi connectivity index (χ4v) is 1.87. The summed E-state index contributed by atoms with van der Waals surface area (Å²) >= 11 is 0. The summed E-state index contributed by atoms with van der Waals surface area (Å²) in [7, 11) is -1.59. The molecule has 0 aliphatic carbocycles. The van der Waals surface area contributed by atoms with Crippen molar-refractivity contribution in [2.75, 3.05) is 19.8 Å². The minimum absolute atomic E-state index is 0.413. The van der Waals surface area contributed by atoms with E-state index in [1.54, 1.807) is 24.5 Å².